The number of fused-ring (bicyclic) bond motifs is 1. The van der Waals surface area contributed by atoms with Gasteiger partial charge >= 0.3 is 0 Å². The van der Waals surface area contributed by atoms with Crippen molar-refractivity contribution in [1.82, 2.24) is 9.62 Å². The predicted molar refractivity (Wildman–Crippen MR) is 91.6 cm³/mol. The van der Waals surface area contributed by atoms with E-state index in [0.29, 0.717) is 6.54 Å². The molecule has 0 fully saturated rings. The maximum atomic E-state index is 13.2. The Balaban J connectivity index is 1.63. The number of sulfonamides is 1. The van der Waals surface area contributed by atoms with Gasteiger partial charge < -0.3 is 0 Å². The molecule has 1 aliphatic rings. The summed E-state index contributed by atoms with van der Waals surface area (Å²) in [4.78, 5) is 2.22. The maximum absolute atomic E-state index is 13.2. The van der Waals surface area contributed by atoms with Crippen molar-refractivity contribution in [2.75, 3.05) is 13.1 Å². The van der Waals surface area contributed by atoms with Crippen LogP contribution < -0.4 is 4.72 Å². The summed E-state index contributed by atoms with van der Waals surface area (Å²) in [6.07, 6.45) is 0.969. The van der Waals surface area contributed by atoms with Crippen LogP contribution in [0.2, 0.25) is 0 Å². The minimum absolute atomic E-state index is 0.0429. The van der Waals surface area contributed by atoms with Gasteiger partial charge in [0.1, 0.15) is 5.82 Å². The summed E-state index contributed by atoms with van der Waals surface area (Å²) in [6.45, 7) is 4.02. The van der Waals surface area contributed by atoms with Crippen molar-refractivity contribution in [3.05, 3.63) is 65.5 Å². The highest BCUT2D eigenvalue weighted by molar-refractivity contribution is 7.89. The van der Waals surface area contributed by atoms with E-state index < -0.39 is 15.8 Å². The number of hydrogen-bond acceptors (Lipinski definition) is 3. The molecule has 0 spiro atoms. The molecule has 0 saturated carbocycles. The minimum Gasteiger partial charge on any atom is -0.295 e. The normalized spacial score (nSPS) is 16.6. The lowest BCUT2D eigenvalue weighted by molar-refractivity contribution is 0.192. The van der Waals surface area contributed by atoms with Crippen LogP contribution in [0.4, 0.5) is 4.39 Å². The standard InChI is InChI=1S/C18H21FN2O2S/c1-14(21-10-9-15-5-2-3-6-16(15)13-21)12-20-24(22,23)18-8-4-7-17(19)11-18/h2-8,11,14,20H,9-10,12-13H2,1H3. The lowest BCUT2D eigenvalue weighted by atomic mass is 9.99. The van der Waals surface area contributed by atoms with Gasteiger partial charge in [0.15, 0.2) is 0 Å². The van der Waals surface area contributed by atoms with Crippen LogP contribution in [-0.4, -0.2) is 32.4 Å². The Bertz CT molecular complexity index is 823. The van der Waals surface area contributed by atoms with Crippen LogP contribution in [0.15, 0.2) is 53.4 Å². The number of benzene rings is 2. The van der Waals surface area contributed by atoms with E-state index in [1.807, 2.05) is 19.1 Å². The van der Waals surface area contributed by atoms with Gasteiger partial charge in [0.05, 0.1) is 4.90 Å². The molecule has 1 atom stereocenters. The molecule has 1 heterocycles. The smallest absolute Gasteiger partial charge is 0.240 e. The van der Waals surface area contributed by atoms with Crippen LogP contribution in [0, 0.1) is 5.82 Å². The predicted octanol–water partition coefficient (Wildman–Crippen LogP) is 2.55. The van der Waals surface area contributed by atoms with Gasteiger partial charge in [-0.25, -0.2) is 17.5 Å². The zero-order chi connectivity index (χ0) is 17.2. The molecule has 6 heteroatoms. The van der Waals surface area contributed by atoms with Crippen molar-refractivity contribution in [1.29, 1.82) is 0 Å². The monoisotopic (exact) mass is 348 g/mol. The second kappa shape index (κ2) is 7.01. The maximum Gasteiger partial charge on any atom is 0.240 e. The molecule has 128 valence electrons. The van der Waals surface area contributed by atoms with E-state index >= 15 is 0 Å². The molecule has 3 rings (SSSR count). The highest BCUT2D eigenvalue weighted by Gasteiger charge is 2.22. The fraction of sp³-hybridized carbons (Fsp3) is 0.333. The lowest BCUT2D eigenvalue weighted by Crippen LogP contribution is -2.44. The van der Waals surface area contributed by atoms with Crippen LogP contribution in [0.1, 0.15) is 18.1 Å². The van der Waals surface area contributed by atoms with E-state index in [1.165, 1.54) is 29.3 Å². The fourth-order valence-electron chi connectivity index (χ4n) is 2.97. The molecular formula is C18H21FN2O2S. The van der Waals surface area contributed by atoms with Crippen molar-refractivity contribution in [2.24, 2.45) is 0 Å². The summed E-state index contributed by atoms with van der Waals surface area (Å²) in [7, 11) is -3.69. The second-order valence-electron chi connectivity index (χ2n) is 6.15. The Labute approximate surface area is 142 Å². The molecule has 24 heavy (non-hydrogen) atoms. The van der Waals surface area contributed by atoms with E-state index in [-0.39, 0.29) is 10.9 Å². The van der Waals surface area contributed by atoms with Gasteiger partial charge in [0.2, 0.25) is 10.0 Å². The number of nitrogens with one attached hydrogen (secondary N) is 1. The number of halogens is 1. The van der Waals surface area contributed by atoms with E-state index in [1.54, 1.807) is 0 Å². The molecule has 2 aromatic rings. The Kier molecular flexibility index (Phi) is 4.99. The summed E-state index contributed by atoms with van der Waals surface area (Å²) >= 11 is 0. The Hall–Kier alpha value is -1.76. The van der Waals surface area contributed by atoms with Crippen LogP contribution in [-0.2, 0) is 23.0 Å². The highest BCUT2D eigenvalue weighted by Crippen LogP contribution is 2.20. The molecule has 1 N–H and O–H groups in total. The average molecular weight is 348 g/mol. The van der Waals surface area contributed by atoms with Gasteiger partial charge in [-0.1, -0.05) is 30.3 Å². The first-order valence-electron chi connectivity index (χ1n) is 8.02. The van der Waals surface area contributed by atoms with E-state index in [0.717, 1.165) is 25.6 Å². The van der Waals surface area contributed by atoms with E-state index in [9.17, 15) is 12.8 Å². The largest absolute Gasteiger partial charge is 0.295 e. The third kappa shape index (κ3) is 3.83. The zero-order valence-electron chi connectivity index (χ0n) is 13.6. The summed E-state index contributed by atoms with van der Waals surface area (Å²) in [5.41, 5.74) is 2.66. The molecule has 2 aromatic carbocycles. The van der Waals surface area contributed by atoms with Crippen molar-refractivity contribution >= 4 is 10.0 Å². The van der Waals surface area contributed by atoms with Gasteiger partial charge in [0, 0.05) is 25.7 Å². The van der Waals surface area contributed by atoms with Crippen LogP contribution >= 0.6 is 0 Å². The first kappa shape index (κ1) is 17.1. The van der Waals surface area contributed by atoms with Gasteiger partial charge in [-0.15, -0.1) is 0 Å². The van der Waals surface area contributed by atoms with Gasteiger partial charge in [0.25, 0.3) is 0 Å². The molecule has 1 aliphatic heterocycles. The highest BCUT2D eigenvalue weighted by atomic mass is 32.2. The number of hydrogen-bond donors (Lipinski definition) is 1. The van der Waals surface area contributed by atoms with Gasteiger partial charge in [-0.3, -0.25) is 4.90 Å². The van der Waals surface area contributed by atoms with Crippen molar-refractivity contribution < 1.29 is 12.8 Å². The Morgan fingerprint density at radius 3 is 2.67 bits per heavy atom. The molecule has 1 unspecified atom stereocenters. The summed E-state index contributed by atoms with van der Waals surface area (Å²) < 4.78 is 40.4. The zero-order valence-corrected chi connectivity index (χ0v) is 14.4. The first-order valence-corrected chi connectivity index (χ1v) is 9.50. The van der Waals surface area contributed by atoms with Crippen LogP contribution in [0.5, 0.6) is 0 Å². The number of nitrogens with zero attached hydrogens (tertiary/aromatic N) is 1. The third-order valence-electron chi connectivity index (χ3n) is 4.46. The molecule has 0 radical (unpaired) electrons. The minimum atomic E-state index is -3.69. The average Bonchev–Trinajstić information content (AvgIpc) is 2.59. The van der Waals surface area contributed by atoms with Gasteiger partial charge in [-0.05, 0) is 42.7 Å². The van der Waals surface area contributed by atoms with E-state index in [2.05, 4.69) is 21.8 Å². The summed E-state index contributed by atoms with van der Waals surface area (Å²) in [6, 6.07) is 13.4. The SMILES string of the molecule is CC(CNS(=O)(=O)c1cccc(F)c1)N1CCc2ccccc2C1. The number of rotatable bonds is 5. The van der Waals surface area contributed by atoms with Crippen molar-refractivity contribution in [3.8, 4) is 0 Å². The molecular weight excluding hydrogens is 327 g/mol. The Morgan fingerprint density at radius 2 is 1.92 bits per heavy atom. The van der Waals surface area contributed by atoms with Gasteiger partial charge in [-0.2, -0.15) is 0 Å². The Morgan fingerprint density at radius 1 is 1.17 bits per heavy atom. The van der Waals surface area contributed by atoms with Crippen LogP contribution in [0.3, 0.4) is 0 Å². The van der Waals surface area contributed by atoms with Crippen molar-refractivity contribution in [3.63, 3.8) is 0 Å². The lowest BCUT2D eigenvalue weighted by Gasteiger charge is -2.33. The summed E-state index contributed by atoms with van der Waals surface area (Å²) in [5.74, 6) is -0.557. The molecule has 4 nitrogen and oxygen atoms in total. The third-order valence-corrected chi connectivity index (χ3v) is 5.88. The molecule has 0 aromatic heterocycles. The molecule has 0 bridgehead atoms. The fourth-order valence-corrected chi connectivity index (χ4v) is 4.12. The van der Waals surface area contributed by atoms with Crippen LogP contribution in [0.25, 0.3) is 0 Å². The first-order chi connectivity index (χ1) is 11.5. The quantitative estimate of drug-likeness (QED) is 0.903. The topological polar surface area (TPSA) is 49.4 Å². The van der Waals surface area contributed by atoms with E-state index in [4.69, 9.17) is 0 Å². The molecule has 0 amide bonds. The second-order valence-corrected chi connectivity index (χ2v) is 7.91. The molecule has 0 aliphatic carbocycles. The molecule has 0 saturated heterocycles. The van der Waals surface area contributed by atoms with Crippen molar-refractivity contribution in [2.45, 2.75) is 30.8 Å². The summed E-state index contributed by atoms with van der Waals surface area (Å²) in [5, 5.41) is 0.